The van der Waals surface area contributed by atoms with E-state index in [4.69, 9.17) is 9.84 Å². The minimum absolute atomic E-state index is 0.216. The number of carbonyl (C=O) groups excluding carboxylic acids is 1. The van der Waals surface area contributed by atoms with Crippen LogP contribution in [-0.4, -0.2) is 23.7 Å². The van der Waals surface area contributed by atoms with Crippen molar-refractivity contribution in [3.05, 3.63) is 41.0 Å². The van der Waals surface area contributed by atoms with Crippen molar-refractivity contribution >= 4 is 18.0 Å². The molecule has 0 bridgehead atoms. The number of ether oxygens (including phenoxy) is 1. The Hall–Kier alpha value is -2.10. The molecule has 0 fully saturated rings. The zero-order valence-corrected chi connectivity index (χ0v) is 11.2. The van der Waals surface area contributed by atoms with Crippen molar-refractivity contribution < 1.29 is 19.4 Å². The summed E-state index contributed by atoms with van der Waals surface area (Å²) >= 11 is 0. The van der Waals surface area contributed by atoms with Crippen LogP contribution in [-0.2, 0) is 20.7 Å². The Bertz CT molecular complexity index is 489. The lowest BCUT2D eigenvalue weighted by molar-refractivity contribution is -0.143. The molecule has 0 radical (unpaired) electrons. The van der Waals surface area contributed by atoms with Crippen LogP contribution in [0.2, 0.25) is 0 Å². The van der Waals surface area contributed by atoms with Crippen molar-refractivity contribution in [2.24, 2.45) is 0 Å². The Balaban J connectivity index is 2.73. The van der Waals surface area contributed by atoms with E-state index in [-0.39, 0.29) is 5.97 Å². The van der Waals surface area contributed by atoms with Crippen LogP contribution in [0.25, 0.3) is 6.08 Å². The van der Waals surface area contributed by atoms with Gasteiger partial charge in [0.25, 0.3) is 0 Å². The molecule has 4 nitrogen and oxygen atoms in total. The first kappa shape index (κ1) is 15.0. The zero-order chi connectivity index (χ0) is 14.3. The fourth-order valence-corrected chi connectivity index (χ4v) is 1.78. The van der Waals surface area contributed by atoms with Gasteiger partial charge in [-0.25, -0.2) is 4.79 Å². The molecule has 0 unspecified atom stereocenters. The van der Waals surface area contributed by atoms with E-state index in [2.05, 4.69) is 0 Å². The Morgan fingerprint density at radius 3 is 2.68 bits per heavy atom. The molecule has 1 aromatic carbocycles. The summed E-state index contributed by atoms with van der Waals surface area (Å²) in [5, 5.41) is 8.60. The highest BCUT2D eigenvalue weighted by Crippen LogP contribution is 2.13. The molecule has 0 saturated heterocycles. The topological polar surface area (TPSA) is 63.6 Å². The van der Waals surface area contributed by atoms with Crippen LogP contribution in [0.5, 0.6) is 0 Å². The molecule has 0 aliphatic heterocycles. The lowest BCUT2D eigenvalue weighted by Crippen LogP contribution is -2.05. The molecule has 1 N–H and O–H groups in total. The van der Waals surface area contributed by atoms with Gasteiger partial charge in [-0.15, -0.1) is 0 Å². The van der Waals surface area contributed by atoms with Crippen molar-refractivity contribution in [3.63, 3.8) is 0 Å². The van der Waals surface area contributed by atoms with E-state index < -0.39 is 5.97 Å². The number of carboxylic acids is 1. The van der Waals surface area contributed by atoms with E-state index in [0.29, 0.717) is 19.4 Å². The van der Waals surface area contributed by atoms with Gasteiger partial charge in [-0.05, 0) is 37.5 Å². The van der Waals surface area contributed by atoms with E-state index >= 15 is 0 Å². The van der Waals surface area contributed by atoms with Crippen LogP contribution in [0.15, 0.2) is 24.3 Å². The van der Waals surface area contributed by atoms with Gasteiger partial charge in [0, 0.05) is 12.5 Å². The third kappa shape index (κ3) is 5.86. The smallest absolute Gasteiger partial charge is 0.328 e. The highest BCUT2D eigenvalue weighted by Gasteiger charge is 2.04. The third-order valence-electron chi connectivity index (χ3n) is 2.50. The van der Waals surface area contributed by atoms with Gasteiger partial charge in [-0.3, -0.25) is 4.79 Å². The average molecular weight is 262 g/mol. The maximum Gasteiger partial charge on any atom is 0.328 e. The lowest BCUT2D eigenvalue weighted by atomic mass is 10.0. The van der Waals surface area contributed by atoms with E-state index in [0.717, 1.165) is 22.8 Å². The standard InChI is InChI=1S/C15H18O4/c1-3-19-15(18)7-5-13-9-11(2)8-12(10-13)4-6-14(16)17/h4,6,8-10H,3,5,7H2,1-2H3,(H,16,17)/b6-4+. The first-order valence-electron chi connectivity index (χ1n) is 6.18. The minimum atomic E-state index is -0.977. The number of carbonyl (C=O) groups is 2. The molecule has 0 spiro atoms. The Labute approximate surface area is 112 Å². The van der Waals surface area contributed by atoms with Gasteiger partial charge in [-0.1, -0.05) is 23.8 Å². The fraction of sp³-hybridized carbons (Fsp3) is 0.333. The van der Waals surface area contributed by atoms with Gasteiger partial charge in [0.15, 0.2) is 0 Å². The Morgan fingerprint density at radius 1 is 1.32 bits per heavy atom. The quantitative estimate of drug-likeness (QED) is 0.632. The maximum atomic E-state index is 11.3. The largest absolute Gasteiger partial charge is 0.478 e. The molecule has 19 heavy (non-hydrogen) atoms. The number of benzene rings is 1. The third-order valence-corrected chi connectivity index (χ3v) is 2.50. The molecule has 102 valence electrons. The molecule has 0 aromatic heterocycles. The molecule has 0 aliphatic rings. The molecule has 0 saturated carbocycles. The van der Waals surface area contributed by atoms with Crippen molar-refractivity contribution in [1.82, 2.24) is 0 Å². The van der Waals surface area contributed by atoms with Crippen LogP contribution < -0.4 is 0 Å². The van der Waals surface area contributed by atoms with Crippen molar-refractivity contribution in [3.8, 4) is 0 Å². The number of rotatable bonds is 6. The predicted octanol–water partition coefficient (Wildman–Crippen LogP) is 2.59. The molecule has 0 aliphatic carbocycles. The number of esters is 1. The predicted molar refractivity (Wildman–Crippen MR) is 72.8 cm³/mol. The highest BCUT2D eigenvalue weighted by atomic mass is 16.5. The second-order valence-electron chi connectivity index (χ2n) is 4.23. The van der Waals surface area contributed by atoms with Gasteiger partial charge in [0.2, 0.25) is 0 Å². The number of aliphatic carboxylic acids is 1. The van der Waals surface area contributed by atoms with Crippen LogP contribution in [0, 0.1) is 6.92 Å². The number of carboxylic acid groups (broad SMARTS) is 1. The first-order valence-corrected chi connectivity index (χ1v) is 6.18. The molecular formula is C15H18O4. The minimum Gasteiger partial charge on any atom is -0.478 e. The number of hydrogen-bond acceptors (Lipinski definition) is 3. The summed E-state index contributed by atoms with van der Waals surface area (Å²) in [4.78, 5) is 21.8. The summed E-state index contributed by atoms with van der Waals surface area (Å²) in [6.45, 7) is 4.10. The molecule has 1 rings (SSSR count). The van der Waals surface area contributed by atoms with Crippen LogP contribution >= 0.6 is 0 Å². The van der Waals surface area contributed by atoms with E-state index in [1.165, 1.54) is 0 Å². The number of aryl methyl sites for hydroxylation is 2. The van der Waals surface area contributed by atoms with Crippen molar-refractivity contribution in [1.29, 1.82) is 0 Å². The summed E-state index contributed by atoms with van der Waals surface area (Å²) in [7, 11) is 0. The second-order valence-corrected chi connectivity index (χ2v) is 4.23. The van der Waals surface area contributed by atoms with Crippen LogP contribution in [0.4, 0.5) is 0 Å². The van der Waals surface area contributed by atoms with Gasteiger partial charge in [0.1, 0.15) is 0 Å². The monoisotopic (exact) mass is 262 g/mol. The molecule has 0 amide bonds. The Kier molecular flexibility index (Phi) is 5.79. The van der Waals surface area contributed by atoms with Gasteiger partial charge in [-0.2, -0.15) is 0 Å². The lowest BCUT2D eigenvalue weighted by Gasteiger charge is -2.05. The highest BCUT2D eigenvalue weighted by molar-refractivity contribution is 5.85. The molecular weight excluding hydrogens is 244 g/mol. The fourth-order valence-electron chi connectivity index (χ4n) is 1.78. The van der Waals surface area contributed by atoms with E-state index in [1.54, 1.807) is 13.0 Å². The normalized spacial score (nSPS) is 10.6. The van der Waals surface area contributed by atoms with Crippen LogP contribution in [0.3, 0.4) is 0 Å². The van der Waals surface area contributed by atoms with Crippen molar-refractivity contribution in [2.45, 2.75) is 26.7 Å². The van der Waals surface area contributed by atoms with E-state index in [1.807, 2.05) is 25.1 Å². The summed E-state index contributed by atoms with van der Waals surface area (Å²) in [5.74, 6) is -1.19. The summed E-state index contributed by atoms with van der Waals surface area (Å²) in [6.07, 6.45) is 3.57. The number of hydrogen-bond donors (Lipinski definition) is 1. The summed E-state index contributed by atoms with van der Waals surface area (Å²) in [5.41, 5.74) is 2.85. The average Bonchev–Trinajstić information content (AvgIpc) is 2.34. The summed E-state index contributed by atoms with van der Waals surface area (Å²) in [6, 6.07) is 5.76. The van der Waals surface area contributed by atoms with E-state index in [9.17, 15) is 9.59 Å². The maximum absolute atomic E-state index is 11.3. The second kappa shape index (κ2) is 7.36. The SMILES string of the molecule is CCOC(=O)CCc1cc(C)cc(/C=C/C(=O)O)c1. The van der Waals surface area contributed by atoms with Crippen LogP contribution in [0.1, 0.15) is 30.0 Å². The molecule has 0 atom stereocenters. The van der Waals surface area contributed by atoms with Crippen molar-refractivity contribution in [2.75, 3.05) is 6.61 Å². The Morgan fingerprint density at radius 2 is 2.05 bits per heavy atom. The zero-order valence-electron chi connectivity index (χ0n) is 11.2. The van der Waals surface area contributed by atoms with Gasteiger partial charge >= 0.3 is 11.9 Å². The van der Waals surface area contributed by atoms with Gasteiger partial charge in [0.05, 0.1) is 6.61 Å². The van der Waals surface area contributed by atoms with Gasteiger partial charge < -0.3 is 9.84 Å². The molecule has 4 heteroatoms. The first-order chi connectivity index (χ1) is 9.01. The molecule has 0 heterocycles. The molecule has 1 aromatic rings. The summed E-state index contributed by atoms with van der Waals surface area (Å²) < 4.78 is 4.87.